The molecule has 1 aliphatic heterocycles. The third kappa shape index (κ3) is 10.5. The Balaban J connectivity index is 0.00000706. The van der Waals surface area contributed by atoms with Crippen LogP contribution in [0.25, 0.3) is 49.9 Å². The number of pyridine rings is 1. The van der Waals surface area contributed by atoms with Gasteiger partial charge in [0, 0.05) is 72.5 Å². The van der Waals surface area contributed by atoms with E-state index in [1.165, 1.54) is 61.0 Å². The summed E-state index contributed by atoms with van der Waals surface area (Å²) in [6, 6.07) is 58.8. The van der Waals surface area contributed by atoms with Crippen LogP contribution in [0.15, 0.2) is 146 Å². The Labute approximate surface area is 468 Å². The molecule has 0 saturated heterocycles. The van der Waals surface area contributed by atoms with Crippen LogP contribution in [0.1, 0.15) is 143 Å². The minimum Gasteiger partial charge on any atom is -0.509 e. The first-order valence-electron chi connectivity index (χ1n) is 27.2. The van der Waals surface area contributed by atoms with E-state index in [9.17, 15) is 0 Å². The van der Waals surface area contributed by atoms with Crippen molar-refractivity contribution in [1.82, 2.24) is 9.55 Å². The van der Waals surface area contributed by atoms with E-state index in [1.807, 2.05) is 24.4 Å². The summed E-state index contributed by atoms with van der Waals surface area (Å²) >= 11 is 0. The van der Waals surface area contributed by atoms with Gasteiger partial charge in [0.25, 0.3) is 0 Å². The summed E-state index contributed by atoms with van der Waals surface area (Å²) in [7, 11) is 0. The zero-order valence-corrected chi connectivity index (χ0v) is 49.5. The molecule has 0 N–H and O–H groups in total. The van der Waals surface area contributed by atoms with Gasteiger partial charge in [0.15, 0.2) is 0 Å². The number of ether oxygens (including phenoxy) is 1. The fourth-order valence-electron chi connectivity index (χ4n) is 10.8. The van der Waals surface area contributed by atoms with Crippen LogP contribution < -0.4 is 14.5 Å². The van der Waals surface area contributed by atoms with Crippen molar-refractivity contribution >= 4 is 44.6 Å². The zero-order valence-electron chi connectivity index (χ0n) is 47.3. The third-order valence-corrected chi connectivity index (χ3v) is 15.0. The molecule has 0 spiro atoms. The van der Waals surface area contributed by atoms with Gasteiger partial charge in [-0.15, -0.1) is 48.1 Å². The number of anilines is 4. The quantitative estimate of drug-likeness (QED) is 0.121. The Bertz CT molecular complexity index is 3540. The molecule has 10 rings (SSSR count). The summed E-state index contributed by atoms with van der Waals surface area (Å²) in [5.74, 6) is 2.08. The van der Waals surface area contributed by atoms with Gasteiger partial charge < -0.3 is 19.1 Å². The first-order chi connectivity index (χ1) is 35.6. The Morgan fingerprint density at radius 1 is 0.526 bits per heavy atom. The Kier molecular flexibility index (Phi) is 14.9. The molecule has 0 amide bonds. The summed E-state index contributed by atoms with van der Waals surface area (Å²) in [6.07, 6.45) is 6.10. The SMILES string of the molecule is CCCc1ccc2c(c1CCC)c1ccc(Oc3[c-]c(N4[CH-]N(c5c(-c6cccc(C(C)(C)C)c6)cc(C(C)(C)C)cc5-c5cc(C(C)(C)C)cc(C(C)(C)C)c5)c5ccccc54)ccc3)[c-]c1n2-c1ccccn1.[Pt]. The van der Waals surface area contributed by atoms with Crippen molar-refractivity contribution in [1.29, 1.82) is 0 Å². The molecule has 0 fully saturated rings. The minimum absolute atomic E-state index is 0. The van der Waals surface area contributed by atoms with Gasteiger partial charge in [-0.2, -0.15) is 12.1 Å². The van der Waals surface area contributed by atoms with Gasteiger partial charge >= 0.3 is 0 Å². The minimum atomic E-state index is -0.126. The van der Waals surface area contributed by atoms with Crippen molar-refractivity contribution in [3.63, 3.8) is 0 Å². The van der Waals surface area contributed by atoms with Gasteiger partial charge in [0.1, 0.15) is 5.82 Å². The first kappa shape index (κ1) is 54.4. The largest absolute Gasteiger partial charge is 0.509 e. The number of fused-ring (bicyclic) bond motifs is 4. The smallest absolute Gasteiger partial charge is 0.135 e. The van der Waals surface area contributed by atoms with E-state index in [-0.39, 0.29) is 42.7 Å². The molecular weight excluding hydrogens is 1110 g/mol. The maximum Gasteiger partial charge on any atom is 0.135 e. The molecule has 2 aromatic heterocycles. The van der Waals surface area contributed by atoms with E-state index < -0.39 is 0 Å². The molecule has 76 heavy (non-hydrogen) atoms. The van der Waals surface area contributed by atoms with Crippen molar-refractivity contribution in [2.24, 2.45) is 0 Å². The van der Waals surface area contributed by atoms with Gasteiger partial charge in [-0.05, 0) is 127 Å². The van der Waals surface area contributed by atoms with E-state index in [2.05, 4.69) is 251 Å². The molecule has 9 aromatic rings. The second-order valence-electron chi connectivity index (χ2n) is 24.9. The van der Waals surface area contributed by atoms with Crippen LogP contribution in [0.2, 0.25) is 0 Å². The summed E-state index contributed by atoms with van der Waals surface area (Å²) in [4.78, 5) is 9.54. The molecule has 0 aliphatic carbocycles. The Morgan fingerprint density at radius 3 is 1.75 bits per heavy atom. The molecule has 0 unspecified atom stereocenters. The average molecular weight is 1180 g/mol. The Morgan fingerprint density at radius 2 is 1.12 bits per heavy atom. The van der Waals surface area contributed by atoms with Gasteiger partial charge in [0.2, 0.25) is 0 Å². The van der Waals surface area contributed by atoms with Crippen molar-refractivity contribution in [2.75, 3.05) is 9.80 Å². The molecular formula is C70H75N4OPt-3. The van der Waals surface area contributed by atoms with E-state index in [4.69, 9.17) is 9.72 Å². The fraction of sp³-hybridized carbons (Fsp3) is 0.314. The summed E-state index contributed by atoms with van der Waals surface area (Å²) in [6.45, 7) is 34.7. The van der Waals surface area contributed by atoms with Crippen LogP contribution in [0, 0.1) is 18.8 Å². The van der Waals surface area contributed by atoms with Crippen LogP contribution in [0.4, 0.5) is 22.7 Å². The number of para-hydroxylation sites is 2. The van der Waals surface area contributed by atoms with Crippen molar-refractivity contribution in [2.45, 2.75) is 144 Å². The molecule has 5 nitrogen and oxygen atoms in total. The number of aromatic nitrogens is 2. The second-order valence-corrected chi connectivity index (χ2v) is 24.9. The van der Waals surface area contributed by atoms with Crippen LogP contribution in [-0.4, -0.2) is 9.55 Å². The summed E-state index contributed by atoms with van der Waals surface area (Å²) < 4.78 is 9.08. The van der Waals surface area contributed by atoms with Crippen molar-refractivity contribution in [3.05, 3.63) is 198 Å². The predicted octanol–water partition coefficient (Wildman–Crippen LogP) is 19.4. The summed E-state index contributed by atoms with van der Waals surface area (Å²) in [5.41, 5.74) is 18.8. The van der Waals surface area contributed by atoms with Crippen LogP contribution in [-0.2, 0) is 55.6 Å². The van der Waals surface area contributed by atoms with Gasteiger partial charge in [-0.3, -0.25) is 0 Å². The molecule has 7 aromatic carbocycles. The molecule has 6 heteroatoms. The van der Waals surface area contributed by atoms with E-state index >= 15 is 0 Å². The Hall–Kier alpha value is -6.42. The molecule has 0 radical (unpaired) electrons. The van der Waals surface area contributed by atoms with E-state index in [0.29, 0.717) is 11.5 Å². The molecule has 0 saturated carbocycles. The van der Waals surface area contributed by atoms with Gasteiger partial charge in [0.05, 0.1) is 0 Å². The van der Waals surface area contributed by atoms with Crippen LogP contribution >= 0.6 is 0 Å². The monoisotopic (exact) mass is 1180 g/mol. The van der Waals surface area contributed by atoms with Gasteiger partial charge in [-0.25, -0.2) is 4.98 Å². The molecule has 3 heterocycles. The third-order valence-electron chi connectivity index (χ3n) is 15.0. The molecule has 0 bridgehead atoms. The number of benzene rings is 7. The summed E-state index contributed by atoms with van der Waals surface area (Å²) in [5, 5.41) is 2.44. The molecule has 1 aliphatic rings. The second kappa shape index (κ2) is 20.8. The maximum atomic E-state index is 6.83. The normalized spacial score (nSPS) is 13.1. The zero-order chi connectivity index (χ0) is 53.2. The number of nitrogens with zero attached hydrogens (tertiary/aromatic N) is 4. The standard InChI is InChI=1S/C70H75N4O.Pt/c1-15-23-46-32-35-62-65(56(46)24-16-2)57-34-33-55(44-63(57)74(62)64-31-19-20-36-71-64)75-54-28-22-27-53(43-54)72-45-73(61-30-18-17-29-60(61)72)66-58(47-25-21-26-49(37-47)67(3,4)5)41-52(70(12,13)14)42-59(66)48-38-50(68(6,7)8)40-51(39-48)69(9,10)11;/h17-22,25-42,45H,15-16,23-24H2,1-14H3;/q-3;. The van der Waals surface area contributed by atoms with E-state index in [0.717, 1.165) is 70.7 Å². The number of aryl methyl sites for hydroxylation is 2. The maximum absolute atomic E-state index is 6.83. The number of rotatable bonds is 11. The fourth-order valence-corrected chi connectivity index (χ4v) is 10.8. The van der Waals surface area contributed by atoms with Crippen molar-refractivity contribution in [3.8, 4) is 39.6 Å². The van der Waals surface area contributed by atoms with Crippen LogP contribution in [0.5, 0.6) is 11.5 Å². The topological polar surface area (TPSA) is 33.5 Å². The molecule has 394 valence electrons. The van der Waals surface area contributed by atoms with Crippen LogP contribution in [0.3, 0.4) is 0 Å². The first-order valence-corrected chi connectivity index (χ1v) is 27.2. The van der Waals surface area contributed by atoms with Gasteiger partial charge in [-0.1, -0.05) is 182 Å². The molecule has 0 atom stereocenters. The number of hydrogen-bond donors (Lipinski definition) is 0. The number of hydrogen-bond acceptors (Lipinski definition) is 4. The predicted molar refractivity (Wildman–Crippen MR) is 318 cm³/mol. The van der Waals surface area contributed by atoms with Crippen molar-refractivity contribution < 1.29 is 25.8 Å². The average Bonchev–Trinajstić information content (AvgIpc) is 3.92. The van der Waals surface area contributed by atoms with E-state index in [1.54, 1.807) is 0 Å².